The summed E-state index contributed by atoms with van der Waals surface area (Å²) in [5.74, 6) is 0.807. The predicted molar refractivity (Wildman–Crippen MR) is 104 cm³/mol. The molecule has 0 aromatic heterocycles. The molecular formula is C21H26N2O3. The number of nitrogens with one attached hydrogen (secondary N) is 2. The van der Waals surface area contributed by atoms with Crippen LogP contribution in [0.15, 0.2) is 48.5 Å². The van der Waals surface area contributed by atoms with Gasteiger partial charge in [0.05, 0.1) is 7.11 Å². The summed E-state index contributed by atoms with van der Waals surface area (Å²) in [7, 11) is 1.66. The lowest BCUT2D eigenvalue weighted by Gasteiger charge is -2.37. The molecule has 0 saturated carbocycles. The van der Waals surface area contributed by atoms with Crippen molar-refractivity contribution in [2.45, 2.75) is 31.7 Å². The summed E-state index contributed by atoms with van der Waals surface area (Å²) in [5, 5.41) is 6.12. The van der Waals surface area contributed by atoms with Crippen LogP contribution in [-0.4, -0.2) is 31.9 Å². The molecule has 0 atom stereocenters. The van der Waals surface area contributed by atoms with E-state index >= 15 is 0 Å². The van der Waals surface area contributed by atoms with E-state index in [2.05, 4.69) is 17.6 Å². The van der Waals surface area contributed by atoms with Gasteiger partial charge in [-0.15, -0.1) is 0 Å². The van der Waals surface area contributed by atoms with Gasteiger partial charge in [0, 0.05) is 30.0 Å². The molecule has 1 fully saturated rings. The quantitative estimate of drug-likeness (QED) is 0.834. The molecule has 1 aliphatic heterocycles. The number of benzene rings is 2. The number of para-hydroxylation sites is 1. The van der Waals surface area contributed by atoms with E-state index in [9.17, 15) is 4.79 Å². The first-order valence-electron chi connectivity index (χ1n) is 9.06. The van der Waals surface area contributed by atoms with E-state index in [1.54, 1.807) is 7.11 Å². The minimum atomic E-state index is -0.178. The van der Waals surface area contributed by atoms with Crippen LogP contribution in [0.1, 0.15) is 26.2 Å². The van der Waals surface area contributed by atoms with Gasteiger partial charge in [-0.2, -0.15) is 0 Å². The molecule has 1 saturated heterocycles. The molecule has 5 heteroatoms. The Labute approximate surface area is 154 Å². The maximum absolute atomic E-state index is 12.5. The summed E-state index contributed by atoms with van der Waals surface area (Å²) in [6.07, 6.45) is 2.58. The summed E-state index contributed by atoms with van der Waals surface area (Å²) in [6.45, 7) is 3.49. The van der Waals surface area contributed by atoms with Crippen LogP contribution in [0.5, 0.6) is 5.75 Å². The molecule has 0 unspecified atom stereocenters. The van der Waals surface area contributed by atoms with E-state index in [0.717, 1.165) is 41.8 Å². The fourth-order valence-corrected chi connectivity index (χ4v) is 3.38. The SMILES string of the molecule is CCC1(NC(=O)Nc2cccc(-c3ccccc3OC)c2)CCOCC1. The van der Waals surface area contributed by atoms with Gasteiger partial charge < -0.3 is 20.1 Å². The first-order valence-corrected chi connectivity index (χ1v) is 9.06. The molecule has 1 aliphatic rings. The van der Waals surface area contributed by atoms with E-state index in [0.29, 0.717) is 13.2 Å². The lowest BCUT2D eigenvalue weighted by molar-refractivity contribution is 0.0416. The zero-order chi connectivity index (χ0) is 18.4. The first kappa shape index (κ1) is 18.3. The normalized spacial score (nSPS) is 15.9. The second-order valence-electron chi connectivity index (χ2n) is 6.61. The maximum atomic E-state index is 12.5. The summed E-state index contributed by atoms with van der Waals surface area (Å²) < 4.78 is 10.9. The maximum Gasteiger partial charge on any atom is 0.319 e. The van der Waals surface area contributed by atoms with Gasteiger partial charge in [-0.1, -0.05) is 37.3 Å². The molecule has 2 N–H and O–H groups in total. The second kappa shape index (κ2) is 8.23. The van der Waals surface area contributed by atoms with Crippen molar-refractivity contribution < 1.29 is 14.3 Å². The van der Waals surface area contributed by atoms with Crippen LogP contribution < -0.4 is 15.4 Å². The molecule has 2 amide bonds. The van der Waals surface area contributed by atoms with E-state index in [-0.39, 0.29) is 11.6 Å². The lowest BCUT2D eigenvalue weighted by atomic mass is 9.87. The number of methoxy groups -OCH3 is 1. The average Bonchev–Trinajstić information content (AvgIpc) is 2.68. The molecule has 0 bridgehead atoms. The highest BCUT2D eigenvalue weighted by molar-refractivity contribution is 5.90. The van der Waals surface area contributed by atoms with Crippen LogP contribution in [-0.2, 0) is 4.74 Å². The monoisotopic (exact) mass is 354 g/mol. The molecule has 2 aromatic carbocycles. The van der Waals surface area contributed by atoms with Gasteiger partial charge in [-0.25, -0.2) is 4.79 Å². The number of anilines is 1. The average molecular weight is 354 g/mol. The van der Waals surface area contributed by atoms with Crippen molar-refractivity contribution in [1.82, 2.24) is 5.32 Å². The Balaban J connectivity index is 1.73. The third-order valence-corrected chi connectivity index (χ3v) is 5.04. The number of hydrogen-bond acceptors (Lipinski definition) is 3. The zero-order valence-electron chi connectivity index (χ0n) is 15.4. The Morgan fingerprint density at radius 1 is 1.15 bits per heavy atom. The number of carbonyl (C=O) groups excluding carboxylic acids is 1. The van der Waals surface area contributed by atoms with Crippen molar-refractivity contribution in [2.24, 2.45) is 0 Å². The molecular weight excluding hydrogens is 328 g/mol. The minimum absolute atomic E-state index is 0.175. The molecule has 2 aromatic rings. The number of carbonyl (C=O) groups is 1. The Morgan fingerprint density at radius 2 is 1.92 bits per heavy atom. The standard InChI is InChI=1S/C21H26N2O3/c1-3-21(11-13-26-14-12-21)23-20(24)22-17-8-6-7-16(15-17)18-9-4-5-10-19(18)25-2/h4-10,15H,3,11-14H2,1-2H3,(H2,22,23,24). The topological polar surface area (TPSA) is 59.6 Å². The van der Waals surface area contributed by atoms with Gasteiger partial charge in [-0.05, 0) is 43.0 Å². The van der Waals surface area contributed by atoms with E-state index in [1.807, 2.05) is 48.5 Å². The van der Waals surface area contributed by atoms with Crippen LogP contribution in [0.25, 0.3) is 11.1 Å². The summed E-state index contributed by atoms with van der Waals surface area (Å²) in [6, 6.07) is 15.5. The number of hydrogen-bond donors (Lipinski definition) is 2. The summed E-state index contributed by atoms with van der Waals surface area (Å²) >= 11 is 0. The van der Waals surface area contributed by atoms with Gasteiger partial charge in [0.1, 0.15) is 5.75 Å². The third kappa shape index (κ3) is 4.17. The molecule has 5 nitrogen and oxygen atoms in total. The second-order valence-corrected chi connectivity index (χ2v) is 6.61. The van der Waals surface area contributed by atoms with Gasteiger partial charge in [-0.3, -0.25) is 0 Å². The molecule has 26 heavy (non-hydrogen) atoms. The van der Waals surface area contributed by atoms with Crippen molar-refractivity contribution >= 4 is 11.7 Å². The van der Waals surface area contributed by atoms with Crippen LogP contribution in [0.2, 0.25) is 0 Å². The van der Waals surface area contributed by atoms with Crippen LogP contribution in [0.3, 0.4) is 0 Å². The van der Waals surface area contributed by atoms with Gasteiger partial charge in [0.15, 0.2) is 0 Å². The molecule has 138 valence electrons. The summed E-state index contributed by atoms with van der Waals surface area (Å²) in [5.41, 5.74) is 2.57. The highest BCUT2D eigenvalue weighted by Gasteiger charge is 2.32. The van der Waals surface area contributed by atoms with E-state index in [4.69, 9.17) is 9.47 Å². The molecule has 0 aliphatic carbocycles. The number of amides is 2. The highest BCUT2D eigenvalue weighted by Crippen LogP contribution is 2.31. The molecule has 3 rings (SSSR count). The minimum Gasteiger partial charge on any atom is -0.496 e. The highest BCUT2D eigenvalue weighted by atomic mass is 16.5. The zero-order valence-corrected chi connectivity index (χ0v) is 15.4. The van der Waals surface area contributed by atoms with Gasteiger partial charge in [0.2, 0.25) is 0 Å². The lowest BCUT2D eigenvalue weighted by Crippen LogP contribution is -2.52. The Morgan fingerprint density at radius 3 is 2.65 bits per heavy atom. The van der Waals surface area contributed by atoms with Crippen LogP contribution in [0.4, 0.5) is 10.5 Å². The Hall–Kier alpha value is -2.53. The van der Waals surface area contributed by atoms with Crippen molar-refractivity contribution in [3.05, 3.63) is 48.5 Å². The fraction of sp³-hybridized carbons (Fsp3) is 0.381. The smallest absolute Gasteiger partial charge is 0.319 e. The predicted octanol–water partition coefficient (Wildman–Crippen LogP) is 4.44. The Bertz CT molecular complexity index is 754. The van der Waals surface area contributed by atoms with Gasteiger partial charge in [0.25, 0.3) is 0 Å². The largest absolute Gasteiger partial charge is 0.496 e. The number of urea groups is 1. The van der Waals surface area contributed by atoms with Crippen molar-refractivity contribution in [2.75, 3.05) is 25.6 Å². The third-order valence-electron chi connectivity index (χ3n) is 5.04. The van der Waals surface area contributed by atoms with Crippen LogP contribution >= 0.6 is 0 Å². The van der Waals surface area contributed by atoms with E-state index in [1.165, 1.54) is 0 Å². The molecule has 0 spiro atoms. The van der Waals surface area contributed by atoms with Crippen molar-refractivity contribution in [3.8, 4) is 16.9 Å². The van der Waals surface area contributed by atoms with E-state index < -0.39 is 0 Å². The van der Waals surface area contributed by atoms with Crippen molar-refractivity contribution in [3.63, 3.8) is 0 Å². The van der Waals surface area contributed by atoms with Crippen molar-refractivity contribution in [1.29, 1.82) is 0 Å². The first-order chi connectivity index (χ1) is 12.7. The fourth-order valence-electron chi connectivity index (χ4n) is 3.38. The summed E-state index contributed by atoms with van der Waals surface area (Å²) in [4.78, 5) is 12.5. The van der Waals surface area contributed by atoms with Gasteiger partial charge >= 0.3 is 6.03 Å². The Kier molecular flexibility index (Phi) is 5.78. The molecule has 1 heterocycles. The van der Waals surface area contributed by atoms with Crippen LogP contribution in [0, 0.1) is 0 Å². The number of ether oxygens (including phenoxy) is 2. The number of rotatable bonds is 5. The molecule has 0 radical (unpaired) electrons.